The summed E-state index contributed by atoms with van der Waals surface area (Å²) >= 11 is 0. The molecular formula is C13H26O2. The van der Waals surface area contributed by atoms with E-state index < -0.39 is 5.97 Å². The predicted octanol–water partition coefficient (Wildman–Crippen LogP) is 4.24. The largest absolute Gasteiger partial charge is 0.481 e. The molecule has 0 aromatic carbocycles. The van der Waals surface area contributed by atoms with E-state index in [4.69, 9.17) is 5.11 Å². The van der Waals surface area contributed by atoms with Crippen LogP contribution in [0.2, 0.25) is 0 Å². The summed E-state index contributed by atoms with van der Waals surface area (Å²) < 4.78 is 0. The Hall–Kier alpha value is -0.530. The molecule has 0 aliphatic heterocycles. The minimum Gasteiger partial charge on any atom is -0.481 e. The number of aliphatic carboxylic acids is 1. The summed E-state index contributed by atoms with van der Waals surface area (Å²) in [6.45, 7) is 4.56. The fraction of sp³-hybridized carbons (Fsp3) is 0.923. The Balaban J connectivity index is 3.02. The van der Waals surface area contributed by atoms with Gasteiger partial charge in [0.15, 0.2) is 0 Å². The molecule has 2 heteroatoms. The molecule has 0 saturated heterocycles. The van der Waals surface area contributed by atoms with E-state index in [1.807, 2.05) is 0 Å². The van der Waals surface area contributed by atoms with Gasteiger partial charge in [-0.05, 0) is 12.3 Å². The number of carboxylic acid groups (broad SMARTS) is 1. The molecule has 0 bridgehead atoms. The molecule has 0 radical (unpaired) electrons. The topological polar surface area (TPSA) is 37.3 Å². The number of rotatable bonds is 10. The normalized spacial score (nSPS) is 12.7. The molecule has 0 amide bonds. The van der Waals surface area contributed by atoms with Gasteiger partial charge in [-0.1, -0.05) is 58.8 Å². The quantitative estimate of drug-likeness (QED) is 0.552. The minimum atomic E-state index is -0.660. The van der Waals surface area contributed by atoms with E-state index in [9.17, 15) is 4.79 Å². The number of unbranched alkanes of at least 4 members (excludes halogenated alkanes) is 5. The van der Waals surface area contributed by atoms with Crippen LogP contribution in [0.5, 0.6) is 0 Å². The summed E-state index contributed by atoms with van der Waals surface area (Å²) in [4.78, 5) is 10.2. The third-order valence-corrected chi connectivity index (χ3v) is 3.03. The van der Waals surface area contributed by atoms with Crippen molar-refractivity contribution in [3.8, 4) is 0 Å². The second kappa shape index (κ2) is 10.0. The molecule has 90 valence electrons. The second-order valence-corrected chi connectivity index (χ2v) is 4.57. The Bertz CT molecular complexity index is 155. The summed E-state index contributed by atoms with van der Waals surface area (Å²) in [5.74, 6) is 0.212. The van der Waals surface area contributed by atoms with Gasteiger partial charge in [0.1, 0.15) is 0 Å². The summed E-state index contributed by atoms with van der Waals surface area (Å²) in [5.41, 5.74) is 0. The minimum absolute atomic E-state index is 0.340. The molecule has 1 N–H and O–H groups in total. The lowest BCUT2D eigenvalue weighted by molar-refractivity contribution is -0.137. The van der Waals surface area contributed by atoms with Gasteiger partial charge < -0.3 is 5.11 Å². The van der Waals surface area contributed by atoms with Crippen molar-refractivity contribution in [2.24, 2.45) is 5.92 Å². The number of carbonyl (C=O) groups is 1. The Kier molecular flexibility index (Phi) is 9.65. The van der Waals surface area contributed by atoms with Crippen molar-refractivity contribution in [1.82, 2.24) is 0 Å². The highest BCUT2D eigenvalue weighted by atomic mass is 16.4. The average molecular weight is 214 g/mol. The van der Waals surface area contributed by atoms with Gasteiger partial charge in [-0.25, -0.2) is 0 Å². The first-order valence-electron chi connectivity index (χ1n) is 6.38. The molecule has 1 unspecified atom stereocenters. The lowest BCUT2D eigenvalue weighted by atomic mass is 10.00. The highest BCUT2D eigenvalue weighted by Crippen LogP contribution is 2.14. The highest BCUT2D eigenvalue weighted by molar-refractivity contribution is 5.66. The molecule has 0 spiro atoms. The lowest BCUT2D eigenvalue weighted by Crippen LogP contribution is -1.94. The maximum atomic E-state index is 10.2. The van der Waals surface area contributed by atoms with Crippen molar-refractivity contribution < 1.29 is 9.90 Å². The van der Waals surface area contributed by atoms with Crippen LogP contribution in [0.4, 0.5) is 0 Å². The highest BCUT2D eigenvalue weighted by Gasteiger charge is 1.99. The third-order valence-electron chi connectivity index (χ3n) is 3.03. The van der Waals surface area contributed by atoms with E-state index in [-0.39, 0.29) is 0 Å². The van der Waals surface area contributed by atoms with Crippen molar-refractivity contribution in [2.75, 3.05) is 0 Å². The number of hydrogen-bond donors (Lipinski definition) is 1. The van der Waals surface area contributed by atoms with E-state index in [2.05, 4.69) is 13.8 Å². The predicted molar refractivity (Wildman–Crippen MR) is 64.0 cm³/mol. The number of carboxylic acids is 1. The van der Waals surface area contributed by atoms with Gasteiger partial charge in [-0.15, -0.1) is 0 Å². The molecular weight excluding hydrogens is 188 g/mol. The van der Waals surface area contributed by atoms with Crippen molar-refractivity contribution in [1.29, 1.82) is 0 Å². The molecule has 0 aliphatic carbocycles. The van der Waals surface area contributed by atoms with E-state index in [0.717, 1.165) is 18.8 Å². The molecule has 2 nitrogen and oxygen atoms in total. The molecule has 0 aliphatic rings. The molecule has 0 aromatic heterocycles. The Labute approximate surface area is 94.1 Å². The summed E-state index contributed by atoms with van der Waals surface area (Å²) in [7, 11) is 0. The Morgan fingerprint density at radius 2 is 1.60 bits per heavy atom. The molecule has 1 atom stereocenters. The van der Waals surface area contributed by atoms with Crippen molar-refractivity contribution in [3.63, 3.8) is 0 Å². The van der Waals surface area contributed by atoms with Crippen LogP contribution in [0.15, 0.2) is 0 Å². The molecule has 0 aromatic rings. The van der Waals surface area contributed by atoms with Gasteiger partial charge in [0.25, 0.3) is 0 Å². The van der Waals surface area contributed by atoms with Gasteiger partial charge in [-0.3, -0.25) is 4.79 Å². The summed E-state index contributed by atoms with van der Waals surface area (Å²) in [6, 6.07) is 0. The molecule has 0 heterocycles. The summed E-state index contributed by atoms with van der Waals surface area (Å²) in [5, 5.41) is 8.44. The summed E-state index contributed by atoms with van der Waals surface area (Å²) in [6.07, 6.45) is 10.0. The first-order chi connectivity index (χ1) is 7.16. The second-order valence-electron chi connectivity index (χ2n) is 4.57. The zero-order valence-corrected chi connectivity index (χ0v) is 10.3. The van der Waals surface area contributed by atoms with Crippen LogP contribution in [-0.4, -0.2) is 11.1 Å². The van der Waals surface area contributed by atoms with Gasteiger partial charge in [-0.2, -0.15) is 0 Å². The Morgan fingerprint density at radius 1 is 1.07 bits per heavy atom. The van der Waals surface area contributed by atoms with Crippen LogP contribution < -0.4 is 0 Å². The van der Waals surface area contributed by atoms with E-state index in [1.165, 1.54) is 38.5 Å². The lowest BCUT2D eigenvalue weighted by Gasteiger charge is -2.07. The van der Waals surface area contributed by atoms with Crippen molar-refractivity contribution in [3.05, 3.63) is 0 Å². The Morgan fingerprint density at radius 3 is 2.13 bits per heavy atom. The van der Waals surface area contributed by atoms with Crippen LogP contribution in [0.25, 0.3) is 0 Å². The number of hydrogen-bond acceptors (Lipinski definition) is 1. The van der Waals surface area contributed by atoms with Gasteiger partial charge in [0.2, 0.25) is 0 Å². The van der Waals surface area contributed by atoms with E-state index >= 15 is 0 Å². The smallest absolute Gasteiger partial charge is 0.303 e. The van der Waals surface area contributed by atoms with Gasteiger partial charge in [0, 0.05) is 6.42 Å². The average Bonchev–Trinajstić information content (AvgIpc) is 2.21. The fourth-order valence-electron chi connectivity index (χ4n) is 1.68. The van der Waals surface area contributed by atoms with Crippen LogP contribution in [-0.2, 0) is 4.79 Å². The third kappa shape index (κ3) is 11.4. The standard InChI is InChI=1S/C13H26O2/c1-3-12(2)10-8-6-4-5-7-9-11-13(14)15/h12H,3-11H2,1-2H3,(H,14,15). The zero-order chi connectivity index (χ0) is 11.5. The van der Waals surface area contributed by atoms with Crippen LogP contribution in [0.1, 0.15) is 71.6 Å². The first kappa shape index (κ1) is 14.5. The first-order valence-corrected chi connectivity index (χ1v) is 6.38. The van der Waals surface area contributed by atoms with Gasteiger partial charge in [0.05, 0.1) is 0 Å². The van der Waals surface area contributed by atoms with E-state index in [0.29, 0.717) is 6.42 Å². The molecule has 0 rings (SSSR count). The van der Waals surface area contributed by atoms with Crippen molar-refractivity contribution >= 4 is 5.97 Å². The maximum absolute atomic E-state index is 10.2. The van der Waals surface area contributed by atoms with Crippen LogP contribution in [0, 0.1) is 5.92 Å². The van der Waals surface area contributed by atoms with Gasteiger partial charge >= 0.3 is 5.97 Å². The molecule has 15 heavy (non-hydrogen) atoms. The fourth-order valence-corrected chi connectivity index (χ4v) is 1.68. The maximum Gasteiger partial charge on any atom is 0.303 e. The SMILES string of the molecule is CCC(C)CCCCCCCCC(=O)O. The van der Waals surface area contributed by atoms with Crippen LogP contribution in [0.3, 0.4) is 0 Å². The van der Waals surface area contributed by atoms with Crippen LogP contribution >= 0.6 is 0 Å². The zero-order valence-electron chi connectivity index (χ0n) is 10.3. The molecule has 0 fully saturated rings. The molecule has 0 saturated carbocycles. The van der Waals surface area contributed by atoms with E-state index in [1.54, 1.807) is 0 Å². The van der Waals surface area contributed by atoms with Crippen molar-refractivity contribution in [2.45, 2.75) is 71.6 Å². The monoisotopic (exact) mass is 214 g/mol.